The Morgan fingerprint density at radius 3 is 2.35 bits per heavy atom. The van der Waals surface area contributed by atoms with Crippen molar-refractivity contribution in [2.75, 3.05) is 17.7 Å². The highest BCUT2D eigenvalue weighted by Crippen LogP contribution is 2.38. The molecule has 8 heteroatoms. The number of benzene rings is 3. The number of hydrogen-bond acceptors (Lipinski definition) is 4. The number of anilines is 2. The normalized spacial score (nSPS) is 10.8. The van der Waals surface area contributed by atoms with Gasteiger partial charge in [0.1, 0.15) is 6.61 Å². The lowest BCUT2D eigenvalue weighted by Crippen LogP contribution is -2.14. The maximum atomic E-state index is 12.1. The molecule has 0 unspecified atom stereocenters. The largest absolute Gasteiger partial charge is 0.493 e. The van der Waals surface area contributed by atoms with Crippen molar-refractivity contribution in [2.24, 2.45) is 5.92 Å². The Bertz CT molecular complexity index is 1130. The van der Waals surface area contributed by atoms with Gasteiger partial charge in [-0.05, 0) is 48.4 Å². The van der Waals surface area contributed by atoms with E-state index >= 15 is 0 Å². The number of carbonyl (C=O) groups is 1. The van der Waals surface area contributed by atoms with Crippen LogP contribution >= 0.6 is 39.1 Å². The minimum Gasteiger partial charge on any atom is -0.493 e. The van der Waals surface area contributed by atoms with Crippen LogP contribution in [0.1, 0.15) is 31.4 Å². The van der Waals surface area contributed by atoms with Crippen LogP contribution in [0.2, 0.25) is 10.0 Å². The number of nitrogens with one attached hydrogen (secondary N) is 2. The van der Waals surface area contributed by atoms with Crippen LogP contribution < -0.4 is 20.1 Å². The number of ether oxygens (including phenoxy) is 2. The molecular formula is C26H27BrCl2N2O3. The first kappa shape index (κ1) is 26.2. The number of rotatable bonds is 10. The van der Waals surface area contributed by atoms with Crippen molar-refractivity contribution in [2.45, 2.75) is 33.4 Å². The van der Waals surface area contributed by atoms with Gasteiger partial charge in [-0.3, -0.25) is 4.79 Å². The monoisotopic (exact) mass is 564 g/mol. The van der Waals surface area contributed by atoms with Crippen molar-refractivity contribution in [3.05, 3.63) is 80.2 Å². The molecule has 3 rings (SSSR count). The Balaban J connectivity index is 1.78. The van der Waals surface area contributed by atoms with Gasteiger partial charge in [0.05, 0.1) is 7.11 Å². The summed E-state index contributed by atoms with van der Waals surface area (Å²) >= 11 is 16.3. The summed E-state index contributed by atoms with van der Waals surface area (Å²) in [6.07, 6.45) is 0.477. The molecular weight excluding hydrogens is 539 g/mol. The van der Waals surface area contributed by atoms with Gasteiger partial charge in [0.2, 0.25) is 5.91 Å². The summed E-state index contributed by atoms with van der Waals surface area (Å²) in [6, 6.07) is 16.7. The van der Waals surface area contributed by atoms with Crippen molar-refractivity contribution in [3.63, 3.8) is 0 Å². The molecule has 0 radical (unpaired) electrons. The zero-order valence-corrected chi connectivity index (χ0v) is 22.4. The van der Waals surface area contributed by atoms with Crippen molar-refractivity contribution >= 4 is 56.4 Å². The summed E-state index contributed by atoms with van der Waals surface area (Å²) < 4.78 is 12.6. The second-order valence-electron chi connectivity index (χ2n) is 8.13. The Morgan fingerprint density at radius 1 is 1.00 bits per heavy atom. The first-order valence-corrected chi connectivity index (χ1v) is 12.4. The summed E-state index contributed by atoms with van der Waals surface area (Å²) in [7, 11) is 1.60. The van der Waals surface area contributed by atoms with Gasteiger partial charge < -0.3 is 20.1 Å². The molecule has 0 atom stereocenters. The molecule has 5 nitrogen and oxygen atoms in total. The van der Waals surface area contributed by atoms with Gasteiger partial charge in [-0.2, -0.15) is 0 Å². The minimum atomic E-state index is -0.00314. The van der Waals surface area contributed by atoms with E-state index in [-0.39, 0.29) is 12.5 Å². The topological polar surface area (TPSA) is 59.6 Å². The molecule has 0 aromatic heterocycles. The second kappa shape index (κ2) is 12.3. The third kappa shape index (κ3) is 7.05. The van der Waals surface area contributed by atoms with Crippen LogP contribution in [-0.4, -0.2) is 13.0 Å². The van der Waals surface area contributed by atoms with Crippen molar-refractivity contribution < 1.29 is 14.3 Å². The van der Waals surface area contributed by atoms with Gasteiger partial charge in [0, 0.05) is 50.0 Å². The lowest BCUT2D eigenvalue weighted by atomic mass is 10.1. The van der Waals surface area contributed by atoms with E-state index in [1.54, 1.807) is 25.3 Å². The zero-order valence-electron chi connectivity index (χ0n) is 19.3. The maximum absolute atomic E-state index is 12.1. The van der Waals surface area contributed by atoms with Gasteiger partial charge in [-0.25, -0.2) is 0 Å². The highest BCUT2D eigenvalue weighted by Gasteiger charge is 2.17. The van der Waals surface area contributed by atoms with Crippen molar-refractivity contribution in [1.29, 1.82) is 0 Å². The zero-order chi connectivity index (χ0) is 24.7. The molecule has 3 aromatic rings. The highest BCUT2D eigenvalue weighted by molar-refractivity contribution is 9.10. The molecule has 0 heterocycles. The quantitative estimate of drug-likeness (QED) is 0.262. The van der Waals surface area contributed by atoms with Crippen LogP contribution in [-0.2, 0) is 17.9 Å². The van der Waals surface area contributed by atoms with Crippen LogP contribution in [0.4, 0.5) is 11.4 Å². The number of hydrogen-bond donors (Lipinski definition) is 2. The summed E-state index contributed by atoms with van der Waals surface area (Å²) in [5.74, 6) is 1.47. The molecule has 0 aliphatic carbocycles. The van der Waals surface area contributed by atoms with Gasteiger partial charge >= 0.3 is 0 Å². The molecule has 0 saturated heterocycles. The number of carbonyl (C=O) groups excluding carboxylic acids is 1. The standard InChI is InChI=1S/C26H27BrCl2N2O3/c1-16(2)12-25(32)31-18-7-4-6-17(13-18)30-14-19-21(27)10-11-24(33-3)26(19)34-15-20-22(28)8-5-9-23(20)29/h4-11,13,16,30H,12,14-15H2,1-3H3,(H,31,32). The molecule has 0 aliphatic rings. The molecule has 0 aliphatic heterocycles. The number of halogens is 3. The van der Waals surface area contributed by atoms with E-state index in [0.717, 1.165) is 21.4 Å². The van der Waals surface area contributed by atoms with E-state index in [9.17, 15) is 4.79 Å². The SMILES string of the molecule is COc1ccc(Br)c(CNc2cccc(NC(=O)CC(C)C)c2)c1OCc1c(Cl)cccc1Cl. The van der Waals surface area contributed by atoms with Crippen molar-refractivity contribution in [3.8, 4) is 11.5 Å². The summed E-state index contributed by atoms with van der Waals surface area (Å²) in [5, 5.41) is 7.42. The third-order valence-electron chi connectivity index (χ3n) is 5.02. The third-order valence-corrected chi connectivity index (χ3v) is 6.47. The van der Waals surface area contributed by atoms with Crippen LogP contribution in [0.5, 0.6) is 11.5 Å². The molecule has 3 aromatic carbocycles. The fourth-order valence-corrected chi connectivity index (χ4v) is 4.32. The predicted molar refractivity (Wildman–Crippen MR) is 143 cm³/mol. The second-order valence-corrected chi connectivity index (χ2v) is 9.80. The van der Waals surface area contributed by atoms with Crippen LogP contribution in [0.3, 0.4) is 0 Å². The fourth-order valence-electron chi connectivity index (χ4n) is 3.36. The van der Waals surface area contributed by atoms with Gasteiger partial charge in [0.15, 0.2) is 11.5 Å². The minimum absolute atomic E-state index is 0.00314. The molecule has 0 bridgehead atoms. The smallest absolute Gasteiger partial charge is 0.224 e. The van der Waals surface area contributed by atoms with Crippen LogP contribution in [0.15, 0.2) is 59.1 Å². The highest BCUT2D eigenvalue weighted by atomic mass is 79.9. The Labute approximate surface area is 218 Å². The first-order valence-electron chi connectivity index (χ1n) is 10.8. The van der Waals surface area contributed by atoms with E-state index < -0.39 is 0 Å². The van der Waals surface area contributed by atoms with E-state index in [1.807, 2.05) is 50.2 Å². The van der Waals surface area contributed by atoms with Crippen molar-refractivity contribution in [1.82, 2.24) is 0 Å². The molecule has 180 valence electrons. The molecule has 34 heavy (non-hydrogen) atoms. The van der Waals surface area contributed by atoms with E-state index in [1.165, 1.54) is 0 Å². The summed E-state index contributed by atoms with van der Waals surface area (Å²) in [5.41, 5.74) is 3.18. The van der Waals surface area contributed by atoms with Gasteiger partial charge in [-0.15, -0.1) is 0 Å². The maximum Gasteiger partial charge on any atom is 0.224 e. The average molecular weight is 566 g/mol. The van der Waals surface area contributed by atoms with Gasteiger partial charge in [0.25, 0.3) is 0 Å². The Hall–Kier alpha value is -2.41. The summed E-state index contributed by atoms with van der Waals surface area (Å²) in [4.78, 5) is 12.1. The molecule has 0 spiro atoms. The Morgan fingerprint density at radius 2 is 1.68 bits per heavy atom. The lowest BCUT2D eigenvalue weighted by Gasteiger charge is -2.18. The van der Waals surface area contributed by atoms with E-state index in [2.05, 4.69) is 26.6 Å². The molecule has 0 fully saturated rings. The fraction of sp³-hybridized carbons (Fsp3) is 0.269. The Kier molecular flexibility index (Phi) is 9.51. The lowest BCUT2D eigenvalue weighted by molar-refractivity contribution is -0.116. The summed E-state index contributed by atoms with van der Waals surface area (Å²) in [6.45, 7) is 4.67. The predicted octanol–water partition coefficient (Wildman–Crippen LogP) is 7.94. The van der Waals surface area contributed by atoms with E-state index in [0.29, 0.717) is 46.0 Å². The number of amides is 1. The number of methoxy groups -OCH3 is 1. The molecule has 2 N–H and O–H groups in total. The van der Waals surface area contributed by atoms with Crippen LogP contribution in [0.25, 0.3) is 0 Å². The molecule has 0 saturated carbocycles. The average Bonchev–Trinajstić information content (AvgIpc) is 2.78. The van der Waals surface area contributed by atoms with E-state index in [4.69, 9.17) is 32.7 Å². The molecule has 1 amide bonds. The van der Waals surface area contributed by atoms with Gasteiger partial charge in [-0.1, -0.05) is 65.1 Å². The van der Waals surface area contributed by atoms with Crippen LogP contribution in [0, 0.1) is 5.92 Å². The first-order chi connectivity index (χ1) is 16.3.